The number of hydrogen-bond acceptors (Lipinski definition) is 9. The maximum absolute atomic E-state index is 14.2. The van der Waals surface area contributed by atoms with Gasteiger partial charge < -0.3 is 10.6 Å². The third-order valence-corrected chi connectivity index (χ3v) is 13.0. The number of amidine groups is 1. The molecular formula is C40H50F3N7O4S3. The fourth-order valence-electron chi connectivity index (χ4n) is 6.70. The van der Waals surface area contributed by atoms with Gasteiger partial charge in [0.25, 0.3) is 0 Å². The van der Waals surface area contributed by atoms with Crippen LogP contribution in [0.5, 0.6) is 0 Å². The molecule has 0 amide bonds. The SMILES string of the molecule is C.N=N.O=S(=O)(NC1CCCCC1)c1ccc(F)c(C(=S)Nc2ccc(F)cc2)c1.O=S(=O)(NC1CCCCC1)c1ccc2c(c1)C(Nc1ccc(F)cc1)=NC2.[HH]. The Labute approximate surface area is 339 Å². The molecule has 0 saturated heterocycles. The maximum atomic E-state index is 14.2. The number of sulfonamides is 2. The van der Waals surface area contributed by atoms with E-state index in [0.717, 1.165) is 75.0 Å². The van der Waals surface area contributed by atoms with E-state index in [9.17, 15) is 30.0 Å². The van der Waals surface area contributed by atoms with Gasteiger partial charge in [-0.2, -0.15) is 0 Å². The van der Waals surface area contributed by atoms with E-state index in [0.29, 0.717) is 23.8 Å². The Balaban J connectivity index is 0.000000288. The molecule has 308 valence electrons. The molecule has 11 nitrogen and oxygen atoms in total. The summed E-state index contributed by atoms with van der Waals surface area (Å²) in [6.07, 6.45) is 9.79. The van der Waals surface area contributed by atoms with Gasteiger partial charge in [-0.05, 0) is 110 Å². The van der Waals surface area contributed by atoms with Crippen LogP contribution in [0.1, 0.15) is 89.8 Å². The lowest BCUT2D eigenvalue weighted by Crippen LogP contribution is -2.36. The zero-order chi connectivity index (χ0) is 40.3. The summed E-state index contributed by atoms with van der Waals surface area (Å²) in [5, 5.41) is 5.95. The molecule has 1 heterocycles. The van der Waals surface area contributed by atoms with Crippen molar-refractivity contribution in [2.45, 2.75) is 100 Å². The Morgan fingerprint density at radius 1 is 0.667 bits per heavy atom. The zero-order valence-corrected chi connectivity index (χ0v) is 32.9. The van der Waals surface area contributed by atoms with Crippen LogP contribution in [-0.2, 0) is 26.6 Å². The van der Waals surface area contributed by atoms with Crippen molar-refractivity contribution in [3.63, 3.8) is 0 Å². The van der Waals surface area contributed by atoms with Crippen LogP contribution in [-0.4, -0.2) is 39.7 Å². The lowest BCUT2D eigenvalue weighted by molar-refractivity contribution is 0.412. The second-order valence-corrected chi connectivity index (χ2v) is 17.5. The molecule has 17 heteroatoms. The van der Waals surface area contributed by atoms with Crippen molar-refractivity contribution >= 4 is 54.5 Å². The molecule has 0 radical (unpaired) electrons. The number of rotatable bonds is 9. The molecule has 0 spiro atoms. The molecule has 6 N–H and O–H groups in total. The van der Waals surface area contributed by atoms with Gasteiger partial charge in [0.15, 0.2) is 0 Å². The molecule has 3 aliphatic rings. The van der Waals surface area contributed by atoms with Crippen LogP contribution in [0.2, 0.25) is 0 Å². The third kappa shape index (κ3) is 12.5. The second-order valence-electron chi connectivity index (χ2n) is 13.6. The van der Waals surface area contributed by atoms with Crippen LogP contribution in [0.4, 0.5) is 24.5 Å². The molecule has 0 atom stereocenters. The van der Waals surface area contributed by atoms with E-state index in [-0.39, 0.29) is 47.1 Å². The fraction of sp³-hybridized carbons (Fsp3) is 0.350. The quantitative estimate of drug-likeness (QED) is 0.0718. The van der Waals surface area contributed by atoms with Gasteiger partial charge in [0.2, 0.25) is 20.0 Å². The van der Waals surface area contributed by atoms with Crippen molar-refractivity contribution in [2.75, 3.05) is 10.6 Å². The molecule has 57 heavy (non-hydrogen) atoms. The first-order valence-corrected chi connectivity index (χ1v) is 21.6. The number of benzene rings is 4. The van der Waals surface area contributed by atoms with Crippen molar-refractivity contribution in [3.05, 3.63) is 119 Å². The summed E-state index contributed by atoms with van der Waals surface area (Å²) in [4.78, 5) is 4.70. The molecule has 0 aromatic heterocycles. The summed E-state index contributed by atoms with van der Waals surface area (Å²) < 4.78 is 96.7. The zero-order valence-electron chi connectivity index (χ0n) is 30.5. The summed E-state index contributed by atoms with van der Waals surface area (Å²) >= 11 is 5.21. The molecule has 2 aliphatic carbocycles. The summed E-state index contributed by atoms with van der Waals surface area (Å²) in [6, 6.07) is 20.0. The molecular weight excluding hydrogens is 796 g/mol. The standard InChI is InChI=1S/C20H22FN3O2S.C19H20F2N2O2S2.CH4.H2N2.H2/c21-15-7-9-16(10-8-15)23-20-19-12-18(11-6-14(19)13-22-20)27(25,26)24-17-4-2-1-3-5-17;20-13-6-8-14(9-7-13)22-19(26)17-12-16(10-11-18(17)21)27(24,25)23-15-4-2-1-3-5-15;;1-2;/h6-12,17,24H,1-5,13H2,(H,22,23);6-12,15,23H,1-5H2,(H,22,26);1H4;1-2H;1H. The second kappa shape index (κ2) is 20.7. The number of nitrogens with one attached hydrogen (secondary N) is 6. The predicted molar refractivity (Wildman–Crippen MR) is 224 cm³/mol. The van der Waals surface area contributed by atoms with E-state index in [2.05, 4.69) is 25.1 Å². The number of anilines is 2. The normalized spacial score (nSPS) is 15.7. The lowest BCUT2D eigenvalue weighted by Gasteiger charge is -2.22. The van der Waals surface area contributed by atoms with Crippen LogP contribution >= 0.6 is 12.2 Å². The van der Waals surface area contributed by atoms with Crippen molar-refractivity contribution in [2.24, 2.45) is 4.99 Å². The Bertz CT molecular complexity index is 2180. The first kappa shape index (κ1) is 45.2. The Morgan fingerprint density at radius 2 is 1.14 bits per heavy atom. The van der Waals surface area contributed by atoms with Gasteiger partial charge in [-0.25, -0.2) is 50.5 Å². The summed E-state index contributed by atoms with van der Waals surface area (Å²) in [5.74, 6) is -0.742. The highest BCUT2D eigenvalue weighted by Gasteiger charge is 2.26. The highest BCUT2D eigenvalue weighted by molar-refractivity contribution is 7.89. The van der Waals surface area contributed by atoms with E-state index in [4.69, 9.17) is 23.3 Å². The van der Waals surface area contributed by atoms with E-state index in [1.165, 1.54) is 55.0 Å². The Kier molecular flexibility index (Phi) is 16.4. The van der Waals surface area contributed by atoms with Crippen LogP contribution < -0.4 is 20.1 Å². The maximum Gasteiger partial charge on any atom is 0.240 e. The van der Waals surface area contributed by atoms with Gasteiger partial charge in [0.05, 0.1) is 16.3 Å². The first-order chi connectivity index (χ1) is 26.9. The Morgan fingerprint density at radius 3 is 1.67 bits per heavy atom. The molecule has 4 aromatic carbocycles. The van der Waals surface area contributed by atoms with Crippen molar-refractivity contribution < 1.29 is 31.4 Å². The average molecular weight is 846 g/mol. The Hall–Kier alpha value is -4.55. The molecule has 1 aliphatic heterocycles. The topological polar surface area (TPSA) is 176 Å². The fourth-order valence-corrected chi connectivity index (χ4v) is 9.64. The van der Waals surface area contributed by atoms with Crippen LogP contribution in [0.3, 0.4) is 0 Å². The minimum Gasteiger partial charge on any atom is -0.346 e. The van der Waals surface area contributed by atoms with Gasteiger partial charge in [0, 0.05) is 36.0 Å². The summed E-state index contributed by atoms with van der Waals surface area (Å²) in [6.45, 7) is 0.495. The van der Waals surface area contributed by atoms with Gasteiger partial charge in [-0.1, -0.05) is 64.2 Å². The lowest BCUT2D eigenvalue weighted by atomic mass is 9.96. The van der Waals surface area contributed by atoms with Crippen molar-refractivity contribution in [1.29, 1.82) is 11.1 Å². The number of fused-ring (bicyclic) bond motifs is 1. The van der Waals surface area contributed by atoms with Gasteiger partial charge in [-0.15, -0.1) is 0 Å². The van der Waals surface area contributed by atoms with E-state index in [1.54, 1.807) is 24.3 Å². The molecule has 4 aromatic rings. The predicted octanol–water partition coefficient (Wildman–Crippen LogP) is 9.65. The van der Waals surface area contributed by atoms with Crippen LogP contribution in [0, 0.1) is 28.5 Å². The largest absolute Gasteiger partial charge is 0.346 e. The number of aliphatic imine (C=N–C) groups is 1. The van der Waals surface area contributed by atoms with Crippen LogP contribution in [0.25, 0.3) is 0 Å². The minimum atomic E-state index is -3.76. The molecule has 7 rings (SSSR count). The highest BCUT2D eigenvalue weighted by Crippen LogP contribution is 2.26. The van der Waals surface area contributed by atoms with Crippen molar-refractivity contribution in [1.82, 2.24) is 9.44 Å². The molecule has 0 unspecified atom stereocenters. The number of halogens is 3. The molecule has 2 saturated carbocycles. The average Bonchev–Trinajstić information content (AvgIpc) is 3.60. The van der Waals surface area contributed by atoms with Crippen LogP contribution in [0.15, 0.2) is 99.7 Å². The van der Waals surface area contributed by atoms with Crippen molar-refractivity contribution in [3.8, 4) is 0 Å². The van der Waals surface area contributed by atoms with E-state index in [1.807, 2.05) is 6.07 Å². The van der Waals surface area contributed by atoms with Gasteiger partial charge in [-0.3, -0.25) is 4.99 Å². The molecule has 2 fully saturated rings. The highest BCUT2D eigenvalue weighted by atomic mass is 32.2. The number of nitrogens with zero attached hydrogens (tertiary/aromatic N) is 1. The summed E-state index contributed by atoms with van der Waals surface area (Å²) in [5.41, 5.74) is 12.9. The van der Waals surface area contributed by atoms with E-state index >= 15 is 0 Å². The monoisotopic (exact) mass is 845 g/mol. The van der Waals surface area contributed by atoms with Gasteiger partial charge >= 0.3 is 0 Å². The third-order valence-electron chi connectivity index (χ3n) is 9.61. The number of hydrogen-bond donors (Lipinski definition) is 6. The molecule has 0 bridgehead atoms. The minimum absolute atomic E-state index is 0. The first-order valence-electron chi connectivity index (χ1n) is 18.2. The number of thiocarbonyl (C=S) groups is 1. The summed E-state index contributed by atoms with van der Waals surface area (Å²) in [7, 11) is -7.33. The van der Waals surface area contributed by atoms with E-state index < -0.39 is 31.7 Å². The van der Waals surface area contributed by atoms with Gasteiger partial charge in [0.1, 0.15) is 28.3 Å². The smallest absolute Gasteiger partial charge is 0.240 e.